The normalized spacial score (nSPS) is 15.6. The molecule has 3 aromatic heterocycles. The van der Waals surface area contributed by atoms with Crippen molar-refractivity contribution in [1.82, 2.24) is 44.2 Å². The van der Waals surface area contributed by atoms with Crippen molar-refractivity contribution in [2.24, 2.45) is 0 Å². The topological polar surface area (TPSA) is 153 Å². The van der Waals surface area contributed by atoms with Gasteiger partial charge < -0.3 is 25.5 Å². The Labute approximate surface area is 286 Å². The highest BCUT2D eigenvalue weighted by molar-refractivity contribution is 6.34. The van der Waals surface area contributed by atoms with E-state index >= 15 is 0 Å². The van der Waals surface area contributed by atoms with Gasteiger partial charge in [-0.25, -0.2) is 18.7 Å². The summed E-state index contributed by atoms with van der Waals surface area (Å²) in [6.07, 6.45) is -2.97. The fourth-order valence-corrected chi connectivity index (χ4v) is 5.91. The second-order valence-corrected chi connectivity index (χ2v) is 11.6. The number of amides is 2. The molecule has 2 aliphatic heterocycles. The molecule has 0 radical (unpaired) electrons. The van der Waals surface area contributed by atoms with Crippen molar-refractivity contribution < 1.29 is 41.4 Å². The Morgan fingerprint density at radius 2 is 1.76 bits per heavy atom. The summed E-state index contributed by atoms with van der Waals surface area (Å²) in [5, 5.41) is 16.7. The smallest absolute Gasteiger partial charge is 0.435 e. The molecule has 0 saturated carbocycles. The van der Waals surface area contributed by atoms with Gasteiger partial charge >= 0.3 is 6.18 Å². The van der Waals surface area contributed by atoms with Crippen LogP contribution in [0.4, 0.5) is 33.5 Å². The van der Waals surface area contributed by atoms with E-state index in [-0.39, 0.29) is 46.0 Å². The molecule has 2 amide bonds. The zero-order valence-electron chi connectivity index (χ0n) is 26.3. The van der Waals surface area contributed by atoms with Crippen LogP contribution in [0.25, 0.3) is 16.9 Å². The number of carbonyl (C=O) groups excluding carboxylic acids is 2. The third kappa shape index (κ3) is 8.45. The number of nitrogens with one attached hydrogen (secondary N) is 2. The lowest BCUT2D eigenvalue weighted by Crippen LogP contribution is -2.53. The Morgan fingerprint density at radius 3 is 2.40 bits per heavy atom. The number of hydrogen-bond donors (Lipinski definition) is 3. The molecule has 0 aliphatic carbocycles. The Balaban J connectivity index is 0.00000156. The van der Waals surface area contributed by atoms with E-state index in [0.717, 1.165) is 19.3 Å². The van der Waals surface area contributed by atoms with Crippen LogP contribution in [0, 0.1) is 0 Å². The van der Waals surface area contributed by atoms with Crippen LogP contribution in [0.15, 0.2) is 43.0 Å². The third-order valence-corrected chi connectivity index (χ3v) is 8.32. The number of carboxylic acid groups (broad SMARTS) is 1. The highest BCUT2D eigenvalue weighted by atomic mass is 35.5. The molecule has 0 bridgehead atoms. The maximum atomic E-state index is 13.8. The molecule has 268 valence electrons. The van der Waals surface area contributed by atoms with Gasteiger partial charge in [0.2, 0.25) is 5.91 Å². The van der Waals surface area contributed by atoms with Crippen molar-refractivity contribution in [3.63, 3.8) is 0 Å². The van der Waals surface area contributed by atoms with Crippen LogP contribution >= 0.6 is 11.6 Å². The molecule has 14 nitrogen and oxygen atoms in total. The van der Waals surface area contributed by atoms with Crippen molar-refractivity contribution in [2.75, 3.05) is 64.2 Å². The zero-order chi connectivity index (χ0) is 36.0. The van der Waals surface area contributed by atoms with Crippen LogP contribution in [0.5, 0.6) is 0 Å². The van der Waals surface area contributed by atoms with E-state index in [4.69, 9.17) is 21.5 Å². The van der Waals surface area contributed by atoms with E-state index in [2.05, 4.69) is 25.7 Å². The zero-order valence-corrected chi connectivity index (χ0v) is 27.0. The van der Waals surface area contributed by atoms with Crippen LogP contribution in [0.3, 0.4) is 0 Å². The lowest BCUT2D eigenvalue weighted by Gasteiger charge is -2.36. The van der Waals surface area contributed by atoms with Gasteiger partial charge in [0, 0.05) is 76.6 Å². The van der Waals surface area contributed by atoms with Crippen LogP contribution < -0.4 is 10.6 Å². The molecular formula is C30H32ClF5N10O4. The number of rotatable bonds is 8. The second kappa shape index (κ2) is 15.8. The Bertz CT molecular complexity index is 1820. The van der Waals surface area contributed by atoms with Crippen LogP contribution in [0.1, 0.15) is 16.1 Å². The SMILES string of the molecule is O=C(CN1CCN(C(=O)c2ccc(Nc3nccn4c(-c5cn(CC(F)F)nc5C(F)(F)F)cnc34)cc2Cl)CC1)N1CCNCC1.O=CO. The molecule has 5 heterocycles. The summed E-state index contributed by atoms with van der Waals surface area (Å²) in [7, 11) is 0. The highest BCUT2D eigenvalue weighted by Crippen LogP contribution is 2.37. The molecule has 20 heteroatoms. The summed E-state index contributed by atoms with van der Waals surface area (Å²) in [5.41, 5.74) is -0.873. The van der Waals surface area contributed by atoms with Gasteiger partial charge in [-0.05, 0) is 18.2 Å². The first-order chi connectivity index (χ1) is 23.9. The van der Waals surface area contributed by atoms with Gasteiger partial charge in [-0.15, -0.1) is 0 Å². The van der Waals surface area contributed by atoms with Gasteiger partial charge in [-0.3, -0.25) is 28.4 Å². The van der Waals surface area contributed by atoms with Crippen LogP contribution in [0.2, 0.25) is 5.02 Å². The predicted octanol–water partition coefficient (Wildman–Crippen LogP) is 3.16. The number of anilines is 2. The number of carbonyl (C=O) groups is 3. The minimum atomic E-state index is -4.89. The highest BCUT2D eigenvalue weighted by Gasteiger charge is 2.38. The average Bonchev–Trinajstić information content (AvgIpc) is 3.70. The molecule has 50 heavy (non-hydrogen) atoms. The third-order valence-electron chi connectivity index (χ3n) is 8.01. The number of benzene rings is 1. The fraction of sp³-hybridized carbons (Fsp3) is 0.400. The Hall–Kier alpha value is -4.88. The molecular weight excluding hydrogens is 695 g/mol. The summed E-state index contributed by atoms with van der Waals surface area (Å²) in [5.74, 6) is 0.00993. The maximum Gasteiger partial charge on any atom is 0.435 e. The van der Waals surface area contributed by atoms with Crippen LogP contribution in [-0.4, -0.2) is 128 Å². The van der Waals surface area contributed by atoms with Gasteiger partial charge in [0.05, 0.1) is 34.6 Å². The van der Waals surface area contributed by atoms with E-state index in [1.54, 1.807) is 17.0 Å². The van der Waals surface area contributed by atoms with Crippen LogP contribution in [-0.2, 0) is 22.3 Å². The molecule has 0 unspecified atom stereocenters. The first-order valence-electron chi connectivity index (χ1n) is 15.3. The summed E-state index contributed by atoms with van der Waals surface area (Å²) in [6.45, 7) is 4.00. The number of hydrogen-bond acceptors (Lipinski definition) is 9. The molecule has 2 fully saturated rings. The van der Waals surface area contributed by atoms with Gasteiger partial charge in [0.15, 0.2) is 17.2 Å². The average molecular weight is 727 g/mol. The van der Waals surface area contributed by atoms with Crippen molar-refractivity contribution >= 4 is 47.0 Å². The standard InChI is InChI=1S/C29H30ClF5N10O2.CH2O2/c30-21-13-18(1-2-19(21)28(47)43-11-9-41(10-12-43)17-24(46)42-6-3-36-4-7-42)39-26-27-38-14-22(45(27)8-5-37-26)20-15-44(16-23(31)32)40-25(20)29(33,34)35;2-1-3/h1-2,5,8,13-15,23,36H,3-4,6-7,9-12,16-17H2,(H,37,39);1H,(H,2,3). The minimum Gasteiger partial charge on any atom is -0.483 e. The Kier molecular flexibility index (Phi) is 11.5. The number of piperazine rings is 2. The van der Waals surface area contributed by atoms with Gasteiger partial charge in [0.25, 0.3) is 18.8 Å². The molecule has 6 rings (SSSR count). The number of alkyl halides is 5. The van der Waals surface area contributed by atoms with E-state index in [1.807, 2.05) is 9.80 Å². The summed E-state index contributed by atoms with van der Waals surface area (Å²) < 4.78 is 68.9. The molecule has 2 saturated heterocycles. The van der Waals surface area contributed by atoms with Gasteiger partial charge in [-0.2, -0.15) is 18.3 Å². The summed E-state index contributed by atoms with van der Waals surface area (Å²) in [4.78, 5) is 48.3. The summed E-state index contributed by atoms with van der Waals surface area (Å²) >= 11 is 6.53. The molecule has 1 aromatic carbocycles. The van der Waals surface area contributed by atoms with E-state index in [1.165, 1.54) is 29.1 Å². The molecule has 4 aromatic rings. The van der Waals surface area contributed by atoms with E-state index in [0.29, 0.717) is 56.2 Å². The fourth-order valence-electron chi connectivity index (χ4n) is 5.65. The number of imidazole rings is 1. The molecule has 0 spiro atoms. The summed E-state index contributed by atoms with van der Waals surface area (Å²) in [6, 6.07) is 4.71. The number of nitrogens with zero attached hydrogens (tertiary/aromatic N) is 8. The predicted molar refractivity (Wildman–Crippen MR) is 170 cm³/mol. The Morgan fingerprint density at radius 1 is 1.06 bits per heavy atom. The maximum absolute atomic E-state index is 13.8. The molecule has 3 N–H and O–H groups in total. The number of halogens is 6. The lowest BCUT2D eigenvalue weighted by atomic mass is 10.1. The first-order valence-corrected chi connectivity index (χ1v) is 15.7. The number of aromatic nitrogens is 5. The largest absolute Gasteiger partial charge is 0.483 e. The van der Waals surface area contributed by atoms with Gasteiger partial charge in [-0.1, -0.05) is 11.6 Å². The van der Waals surface area contributed by atoms with Crippen molar-refractivity contribution in [3.05, 3.63) is 59.3 Å². The molecule has 0 atom stereocenters. The number of fused-ring (bicyclic) bond motifs is 1. The van der Waals surface area contributed by atoms with Crippen molar-refractivity contribution in [1.29, 1.82) is 0 Å². The van der Waals surface area contributed by atoms with E-state index < -0.39 is 30.4 Å². The minimum absolute atomic E-state index is 0.0227. The quantitative estimate of drug-likeness (QED) is 0.182. The molecule has 2 aliphatic rings. The second-order valence-electron chi connectivity index (χ2n) is 11.2. The monoisotopic (exact) mass is 726 g/mol. The lowest BCUT2D eigenvalue weighted by molar-refractivity contribution is -0.141. The van der Waals surface area contributed by atoms with Gasteiger partial charge in [0.1, 0.15) is 6.54 Å². The first kappa shape index (κ1) is 36.4. The van der Waals surface area contributed by atoms with E-state index in [9.17, 15) is 31.5 Å². The van der Waals surface area contributed by atoms with Crippen molar-refractivity contribution in [3.8, 4) is 11.3 Å². The van der Waals surface area contributed by atoms with Crippen molar-refractivity contribution in [2.45, 2.75) is 19.1 Å².